The Morgan fingerprint density at radius 2 is 2.07 bits per heavy atom. The zero-order chi connectivity index (χ0) is 10.7. The molecule has 4 nitrogen and oxygen atoms in total. The highest BCUT2D eigenvalue weighted by Crippen LogP contribution is 2.18. The van der Waals surface area contributed by atoms with Gasteiger partial charge in [-0.2, -0.15) is 0 Å². The second-order valence-corrected chi connectivity index (χ2v) is 4.43. The predicted octanol–water partition coefficient (Wildman–Crippen LogP) is 0.376. The minimum atomic E-state index is -0.162. The summed E-state index contributed by atoms with van der Waals surface area (Å²) in [7, 11) is 1.92. The van der Waals surface area contributed by atoms with Crippen LogP contribution in [0.2, 0.25) is 0 Å². The van der Waals surface area contributed by atoms with Crippen molar-refractivity contribution in [3.8, 4) is 0 Å². The van der Waals surface area contributed by atoms with Gasteiger partial charge in [0, 0.05) is 19.7 Å². The van der Waals surface area contributed by atoms with Crippen LogP contribution in [0.5, 0.6) is 0 Å². The lowest BCUT2D eigenvalue weighted by atomic mass is 10.0. The van der Waals surface area contributed by atoms with E-state index in [1.807, 2.05) is 11.9 Å². The smallest absolute Gasteiger partial charge is 0.251 e. The van der Waals surface area contributed by atoms with Gasteiger partial charge in [-0.25, -0.2) is 0 Å². The summed E-state index contributed by atoms with van der Waals surface area (Å²) < 4.78 is 5.42. The van der Waals surface area contributed by atoms with E-state index in [4.69, 9.17) is 4.74 Å². The van der Waals surface area contributed by atoms with Crippen LogP contribution < -0.4 is 5.32 Å². The van der Waals surface area contributed by atoms with E-state index < -0.39 is 0 Å². The molecule has 15 heavy (non-hydrogen) atoms. The van der Waals surface area contributed by atoms with Gasteiger partial charge in [-0.15, -0.1) is 0 Å². The molecule has 0 radical (unpaired) electrons. The van der Waals surface area contributed by atoms with E-state index in [9.17, 15) is 4.79 Å². The van der Waals surface area contributed by atoms with Gasteiger partial charge in [0.25, 0.3) is 5.91 Å². The topological polar surface area (TPSA) is 41.6 Å². The van der Waals surface area contributed by atoms with Crippen LogP contribution in [-0.2, 0) is 9.53 Å². The van der Waals surface area contributed by atoms with E-state index in [2.05, 4.69) is 5.32 Å². The molecule has 2 aliphatic heterocycles. The molecule has 86 valence electrons. The normalized spacial score (nSPS) is 27.9. The Balaban J connectivity index is 1.87. The number of nitrogens with one attached hydrogen (secondary N) is 1. The third-order valence-corrected chi connectivity index (χ3v) is 3.41. The molecule has 0 aliphatic carbocycles. The number of carbonyl (C=O) groups is 1. The summed E-state index contributed by atoms with van der Waals surface area (Å²) in [6.45, 7) is 2.79. The third kappa shape index (κ3) is 2.49. The first-order valence-electron chi connectivity index (χ1n) is 5.88. The minimum absolute atomic E-state index is 0.162. The number of rotatable bonds is 2. The first kappa shape index (κ1) is 10.9. The van der Waals surface area contributed by atoms with Gasteiger partial charge in [-0.3, -0.25) is 4.79 Å². The van der Waals surface area contributed by atoms with E-state index in [0.29, 0.717) is 6.04 Å². The highest BCUT2D eigenvalue weighted by atomic mass is 16.5. The number of likely N-dealkylation sites (N-methyl/N-ethyl adjacent to an activating group) is 1. The largest absolute Gasteiger partial charge is 0.368 e. The molecule has 0 unspecified atom stereocenters. The molecule has 0 aromatic heterocycles. The second kappa shape index (κ2) is 4.94. The van der Waals surface area contributed by atoms with Crippen LogP contribution in [-0.4, -0.2) is 49.7 Å². The minimum Gasteiger partial charge on any atom is -0.368 e. The van der Waals surface area contributed by atoms with Crippen LogP contribution >= 0.6 is 0 Å². The first-order valence-corrected chi connectivity index (χ1v) is 5.88. The number of amides is 1. The molecule has 0 bridgehead atoms. The summed E-state index contributed by atoms with van der Waals surface area (Å²) in [5.41, 5.74) is 0. The van der Waals surface area contributed by atoms with Crippen molar-refractivity contribution in [2.45, 2.75) is 37.8 Å². The fourth-order valence-electron chi connectivity index (χ4n) is 2.37. The Kier molecular flexibility index (Phi) is 3.59. The van der Waals surface area contributed by atoms with Gasteiger partial charge in [0.05, 0.1) is 0 Å². The number of hydrogen-bond acceptors (Lipinski definition) is 3. The Labute approximate surface area is 91.0 Å². The van der Waals surface area contributed by atoms with Gasteiger partial charge in [0.15, 0.2) is 0 Å². The van der Waals surface area contributed by atoms with Crippen molar-refractivity contribution in [1.82, 2.24) is 10.2 Å². The van der Waals surface area contributed by atoms with Crippen molar-refractivity contribution in [2.75, 3.05) is 26.7 Å². The van der Waals surface area contributed by atoms with Gasteiger partial charge in [-0.1, -0.05) is 0 Å². The van der Waals surface area contributed by atoms with Crippen LogP contribution in [0.3, 0.4) is 0 Å². The number of hydrogen-bond donors (Lipinski definition) is 1. The van der Waals surface area contributed by atoms with Crippen molar-refractivity contribution < 1.29 is 9.53 Å². The molecule has 2 saturated heterocycles. The van der Waals surface area contributed by atoms with E-state index in [0.717, 1.165) is 45.4 Å². The molecule has 4 heteroatoms. The molecule has 0 saturated carbocycles. The second-order valence-electron chi connectivity index (χ2n) is 4.43. The summed E-state index contributed by atoms with van der Waals surface area (Å²) in [5.74, 6) is 0.180. The van der Waals surface area contributed by atoms with Crippen molar-refractivity contribution in [3.05, 3.63) is 0 Å². The lowest BCUT2D eigenvalue weighted by Gasteiger charge is -2.33. The fraction of sp³-hybridized carbons (Fsp3) is 0.909. The first-order chi connectivity index (χ1) is 7.29. The van der Waals surface area contributed by atoms with Crippen LogP contribution in [0, 0.1) is 0 Å². The van der Waals surface area contributed by atoms with Crippen LogP contribution in [0.1, 0.15) is 25.7 Å². The molecule has 1 atom stereocenters. The quantitative estimate of drug-likeness (QED) is 0.719. The Hall–Kier alpha value is -0.610. The van der Waals surface area contributed by atoms with Crippen molar-refractivity contribution in [1.29, 1.82) is 0 Å². The maximum absolute atomic E-state index is 12.0. The maximum atomic E-state index is 12.0. The van der Waals surface area contributed by atoms with Crippen molar-refractivity contribution in [2.24, 2.45) is 0 Å². The van der Waals surface area contributed by atoms with Gasteiger partial charge < -0.3 is 15.0 Å². The van der Waals surface area contributed by atoms with E-state index >= 15 is 0 Å². The fourth-order valence-corrected chi connectivity index (χ4v) is 2.37. The average Bonchev–Trinajstić information content (AvgIpc) is 2.82. The monoisotopic (exact) mass is 212 g/mol. The molecule has 0 aromatic carbocycles. The molecule has 2 fully saturated rings. The lowest BCUT2D eigenvalue weighted by Crippen LogP contribution is -2.47. The Morgan fingerprint density at radius 3 is 2.67 bits per heavy atom. The summed E-state index contributed by atoms with van der Waals surface area (Å²) in [6, 6.07) is 0.406. The number of carbonyl (C=O) groups excluding carboxylic acids is 1. The molecule has 0 aromatic rings. The molecular weight excluding hydrogens is 192 g/mol. The Morgan fingerprint density at radius 1 is 1.33 bits per heavy atom. The van der Waals surface area contributed by atoms with Crippen molar-refractivity contribution in [3.63, 3.8) is 0 Å². The molecular formula is C11H20N2O2. The third-order valence-electron chi connectivity index (χ3n) is 3.41. The number of nitrogens with zero attached hydrogens (tertiary/aromatic N) is 1. The Bertz CT molecular complexity index is 221. The highest BCUT2D eigenvalue weighted by Gasteiger charge is 2.30. The number of ether oxygens (including phenoxy) is 1. The highest BCUT2D eigenvalue weighted by molar-refractivity contribution is 5.81. The molecule has 1 N–H and O–H groups in total. The van der Waals surface area contributed by atoms with Gasteiger partial charge in [0.1, 0.15) is 6.10 Å². The summed E-state index contributed by atoms with van der Waals surface area (Å²) in [4.78, 5) is 13.9. The summed E-state index contributed by atoms with van der Waals surface area (Å²) in [6.07, 6.45) is 3.89. The van der Waals surface area contributed by atoms with Gasteiger partial charge in [-0.05, 0) is 38.8 Å². The average molecular weight is 212 g/mol. The molecule has 2 heterocycles. The summed E-state index contributed by atoms with van der Waals surface area (Å²) >= 11 is 0. The van der Waals surface area contributed by atoms with Crippen LogP contribution in [0.4, 0.5) is 0 Å². The van der Waals surface area contributed by atoms with Gasteiger partial charge >= 0.3 is 0 Å². The SMILES string of the molecule is CN(C(=O)[C@H]1CCCO1)C1CCNCC1. The zero-order valence-electron chi connectivity index (χ0n) is 9.37. The van der Waals surface area contributed by atoms with Gasteiger partial charge in [0.2, 0.25) is 0 Å². The molecule has 1 amide bonds. The lowest BCUT2D eigenvalue weighted by molar-refractivity contribution is -0.142. The molecule has 2 rings (SSSR count). The van der Waals surface area contributed by atoms with Crippen molar-refractivity contribution >= 4 is 5.91 Å². The standard InChI is InChI=1S/C11H20N2O2/c1-13(9-4-6-12-7-5-9)11(14)10-3-2-8-15-10/h9-10,12H,2-8H2,1H3/t10-/m1/s1. The van der Waals surface area contributed by atoms with Crippen LogP contribution in [0.25, 0.3) is 0 Å². The van der Waals surface area contributed by atoms with E-state index in [1.165, 1.54) is 0 Å². The number of piperidine rings is 1. The molecule has 0 spiro atoms. The van der Waals surface area contributed by atoms with E-state index in [1.54, 1.807) is 0 Å². The zero-order valence-corrected chi connectivity index (χ0v) is 9.37. The predicted molar refractivity (Wildman–Crippen MR) is 57.6 cm³/mol. The summed E-state index contributed by atoms with van der Waals surface area (Å²) in [5, 5.41) is 3.31. The van der Waals surface area contributed by atoms with Crippen LogP contribution in [0.15, 0.2) is 0 Å². The molecule has 2 aliphatic rings. The maximum Gasteiger partial charge on any atom is 0.251 e. The van der Waals surface area contributed by atoms with E-state index in [-0.39, 0.29) is 12.0 Å².